The molecule has 2 aromatic rings. The molecule has 6 nitrogen and oxygen atoms in total. The Morgan fingerprint density at radius 1 is 1.08 bits per heavy atom. The van der Waals surface area contributed by atoms with Crippen molar-refractivity contribution < 1.29 is 23.8 Å². The SMILES string of the molecule is COc1cccc(C(=O)OCC(=O)Nc2cccc(Br)c2)c1OC. The summed E-state index contributed by atoms with van der Waals surface area (Å²) in [4.78, 5) is 24.0. The fourth-order valence-electron chi connectivity index (χ4n) is 2.02. The third kappa shape index (κ3) is 4.48. The highest BCUT2D eigenvalue weighted by Gasteiger charge is 2.18. The topological polar surface area (TPSA) is 73.9 Å². The number of esters is 1. The molecule has 2 rings (SSSR count). The van der Waals surface area contributed by atoms with E-state index in [1.165, 1.54) is 20.3 Å². The lowest BCUT2D eigenvalue weighted by Gasteiger charge is -2.12. The van der Waals surface area contributed by atoms with Gasteiger partial charge in [0, 0.05) is 10.2 Å². The first kappa shape index (κ1) is 17.8. The van der Waals surface area contributed by atoms with Crippen LogP contribution in [-0.2, 0) is 9.53 Å². The molecule has 126 valence electrons. The fraction of sp³-hybridized carbons (Fsp3) is 0.176. The molecule has 0 aliphatic rings. The van der Waals surface area contributed by atoms with Crippen LogP contribution in [0.3, 0.4) is 0 Å². The monoisotopic (exact) mass is 393 g/mol. The van der Waals surface area contributed by atoms with E-state index in [1.807, 2.05) is 6.07 Å². The predicted octanol–water partition coefficient (Wildman–Crippen LogP) is 3.26. The van der Waals surface area contributed by atoms with E-state index in [1.54, 1.807) is 30.3 Å². The second-order valence-corrected chi connectivity index (χ2v) is 5.59. The molecular formula is C17H16BrNO5. The van der Waals surface area contributed by atoms with Crippen LogP contribution in [0, 0.1) is 0 Å². The molecule has 0 radical (unpaired) electrons. The average Bonchev–Trinajstić information content (AvgIpc) is 2.58. The van der Waals surface area contributed by atoms with Crippen LogP contribution in [0.15, 0.2) is 46.9 Å². The van der Waals surface area contributed by atoms with Crippen molar-refractivity contribution in [1.29, 1.82) is 0 Å². The number of hydrogen-bond acceptors (Lipinski definition) is 5. The first-order valence-electron chi connectivity index (χ1n) is 6.98. The highest BCUT2D eigenvalue weighted by molar-refractivity contribution is 9.10. The quantitative estimate of drug-likeness (QED) is 0.762. The summed E-state index contributed by atoms with van der Waals surface area (Å²) in [5.74, 6) is -0.443. The highest BCUT2D eigenvalue weighted by Crippen LogP contribution is 2.31. The summed E-state index contributed by atoms with van der Waals surface area (Å²) in [6, 6.07) is 11.9. The van der Waals surface area contributed by atoms with Crippen molar-refractivity contribution >= 4 is 33.5 Å². The second kappa shape index (κ2) is 8.35. The van der Waals surface area contributed by atoms with E-state index in [0.29, 0.717) is 11.4 Å². The van der Waals surface area contributed by atoms with Crippen molar-refractivity contribution in [2.24, 2.45) is 0 Å². The third-order valence-electron chi connectivity index (χ3n) is 3.07. The Labute approximate surface area is 147 Å². The van der Waals surface area contributed by atoms with Gasteiger partial charge in [-0.05, 0) is 30.3 Å². The van der Waals surface area contributed by atoms with Crippen molar-refractivity contribution in [1.82, 2.24) is 0 Å². The zero-order valence-corrected chi connectivity index (χ0v) is 14.8. The van der Waals surface area contributed by atoms with Gasteiger partial charge in [-0.1, -0.05) is 28.1 Å². The fourth-order valence-corrected chi connectivity index (χ4v) is 2.42. The number of anilines is 1. The van der Waals surface area contributed by atoms with Gasteiger partial charge in [-0.25, -0.2) is 4.79 Å². The maximum Gasteiger partial charge on any atom is 0.342 e. The van der Waals surface area contributed by atoms with Crippen molar-refractivity contribution in [2.75, 3.05) is 26.1 Å². The first-order chi connectivity index (χ1) is 11.5. The molecule has 1 N–H and O–H groups in total. The van der Waals surface area contributed by atoms with E-state index in [4.69, 9.17) is 14.2 Å². The summed E-state index contributed by atoms with van der Waals surface area (Å²) in [6.07, 6.45) is 0. The summed E-state index contributed by atoms with van der Waals surface area (Å²) < 4.78 is 16.2. The Bertz CT molecular complexity index is 748. The van der Waals surface area contributed by atoms with E-state index in [-0.39, 0.29) is 11.3 Å². The number of hydrogen-bond donors (Lipinski definition) is 1. The normalized spacial score (nSPS) is 9.96. The van der Waals surface area contributed by atoms with Crippen molar-refractivity contribution in [3.8, 4) is 11.5 Å². The van der Waals surface area contributed by atoms with Gasteiger partial charge < -0.3 is 19.5 Å². The van der Waals surface area contributed by atoms with E-state index < -0.39 is 18.5 Å². The number of carbonyl (C=O) groups is 2. The van der Waals surface area contributed by atoms with Gasteiger partial charge in [0.1, 0.15) is 5.56 Å². The lowest BCUT2D eigenvalue weighted by atomic mass is 10.2. The molecule has 0 bridgehead atoms. The summed E-state index contributed by atoms with van der Waals surface area (Å²) in [5, 5.41) is 2.64. The lowest BCUT2D eigenvalue weighted by Crippen LogP contribution is -2.21. The van der Waals surface area contributed by atoms with Gasteiger partial charge in [-0.15, -0.1) is 0 Å². The molecule has 0 atom stereocenters. The van der Waals surface area contributed by atoms with Crippen molar-refractivity contribution in [3.05, 3.63) is 52.5 Å². The molecule has 2 aromatic carbocycles. The molecule has 0 unspecified atom stereocenters. The number of rotatable bonds is 6. The van der Waals surface area contributed by atoms with Gasteiger partial charge >= 0.3 is 5.97 Å². The Morgan fingerprint density at radius 3 is 2.50 bits per heavy atom. The Kier molecular flexibility index (Phi) is 6.20. The van der Waals surface area contributed by atoms with Crippen LogP contribution in [-0.4, -0.2) is 32.7 Å². The zero-order valence-electron chi connectivity index (χ0n) is 13.2. The van der Waals surface area contributed by atoms with E-state index in [2.05, 4.69) is 21.2 Å². The summed E-state index contributed by atoms with van der Waals surface area (Å²) in [6.45, 7) is -0.411. The maximum absolute atomic E-state index is 12.2. The molecule has 24 heavy (non-hydrogen) atoms. The number of amides is 1. The van der Waals surface area contributed by atoms with E-state index in [0.717, 1.165) is 4.47 Å². The van der Waals surface area contributed by atoms with Crippen LogP contribution in [0.5, 0.6) is 11.5 Å². The number of para-hydroxylation sites is 1. The van der Waals surface area contributed by atoms with Gasteiger partial charge in [0.05, 0.1) is 14.2 Å². The molecule has 7 heteroatoms. The van der Waals surface area contributed by atoms with E-state index >= 15 is 0 Å². The van der Waals surface area contributed by atoms with Gasteiger partial charge in [-0.3, -0.25) is 4.79 Å². The average molecular weight is 394 g/mol. The number of carbonyl (C=O) groups excluding carboxylic acids is 2. The Balaban J connectivity index is 1.99. The van der Waals surface area contributed by atoms with Gasteiger partial charge in [0.25, 0.3) is 5.91 Å². The third-order valence-corrected chi connectivity index (χ3v) is 3.56. The van der Waals surface area contributed by atoms with Crippen LogP contribution < -0.4 is 14.8 Å². The molecular weight excluding hydrogens is 378 g/mol. The summed E-state index contributed by atoms with van der Waals surface area (Å²) >= 11 is 3.31. The predicted molar refractivity (Wildman–Crippen MR) is 92.6 cm³/mol. The van der Waals surface area contributed by atoms with Crippen LogP contribution in [0.25, 0.3) is 0 Å². The standard InChI is InChI=1S/C17H16BrNO5/c1-22-14-8-4-7-13(16(14)23-2)17(21)24-10-15(20)19-12-6-3-5-11(18)9-12/h3-9H,10H2,1-2H3,(H,19,20). The lowest BCUT2D eigenvalue weighted by molar-refractivity contribution is -0.119. The number of benzene rings is 2. The Hall–Kier alpha value is -2.54. The number of nitrogens with one attached hydrogen (secondary N) is 1. The maximum atomic E-state index is 12.2. The van der Waals surface area contributed by atoms with Crippen molar-refractivity contribution in [2.45, 2.75) is 0 Å². The number of halogens is 1. The minimum Gasteiger partial charge on any atom is -0.493 e. The molecule has 0 spiro atoms. The minimum absolute atomic E-state index is 0.187. The molecule has 0 saturated carbocycles. The van der Waals surface area contributed by atoms with Gasteiger partial charge in [0.2, 0.25) is 0 Å². The molecule has 0 heterocycles. The summed E-state index contributed by atoms with van der Waals surface area (Å²) in [5.41, 5.74) is 0.788. The van der Waals surface area contributed by atoms with E-state index in [9.17, 15) is 9.59 Å². The largest absolute Gasteiger partial charge is 0.493 e. The molecule has 0 aliphatic carbocycles. The molecule has 0 fully saturated rings. The van der Waals surface area contributed by atoms with Crippen LogP contribution in [0.4, 0.5) is 5.69 Å². The zero-order chi connectivity index (χ0) is 17.5. The molecule has 0 saturated heterocycles. The van der Waals surface area contributed by atoms with Gasteiger partial charge in [0.15, 0.2) is 18.1 Å². The molecule has 0 aliphatic heterocycles. The second-order valence-electron chi connectivity index (χ2n) is 4.68. The molecule has 0 aromatic heterocycles. The summed E-state index contributed by atoms with van der Waals surface area (Å²) in [7, 11) is 2.90. The number of methoxy groups -OCH3 is 2. The van der Waals surface area contributed by atoms with Crippen LogP contribution in [0.2, 0.25) is 0 Å². The van der Waals surface area contributed by atoms with Crippen LogP contribution >= 0.6 is 15.9 Å². The minimum atomic E-state index is -0.671. The highest BCUT2D eigenvalue weighted by atomic mass is 79.9. The number of ether oxygens (including phenoxy) is 3. The first-order valence-corrected chi connectivity index (χ1v) is 7.78. The van der Waals surface area contributed by atoms with Crippen LogP contribution in [0.1, 0.15) is 10.4 Å². The van der Waals surface area contributed by atoms with Gasteiger partial charge in [-0.2, -0.15) is 0 Å². The smallest absolute Gasteiger partial charge is 0.342 e. The molecule has 1 amide bonds. The van der Waals surface area contributed by atoms with Crippen molar-refractivity contribution in [3.63, 3.8) is 0 Å². The Morgan fingerprint density at radius 2 is 1.83 bits per heavy atom.